The minimum atomic E-state index is -0.744. The number of hydrogen-bond acceptors (Lipinski definition) is 5. The van der Waals surface area contributed by atoms with Gasteiger partial charge in [0, 0.05) is 39.4 Å². The van der Waals surface area contributed by atoms with Gasteiger partial charge in [-0.2, -0.15) is 0 Å². The second-order valence-corrected chi connectivity index (χ2v) is 5.75. The van der Waals surface area contributed by atoms with E-state index < -0.39 is 12.1 Å². The molecule has 0 unspecified atom stereocenters. The van der Waals surface area contributed by atoms with Crippen LogP contribution in [-0.2, 0) is 16.1 Å². The van der Waals surface area contributed by atoms with E-state index in [4.69, 9.17) is 0 Å². The predicted octanol–water partition coefficient (Wildman–Crippen LogP) is -1.07. The van der Waals surface area contributed by atoms with Crippen molar-refractivity contribution in [3.8, 4) is 0 Å². The Morgan fingerprint density at radius 2 is 2.09 bits per heavy atom. The molecule has 2 amide bonds. The molecule has 0 spiro atoms. The van der Waals surface area contributed by atoms with E-state index in [0.717, 1.165) is 5.69 Å². The standard InChI is InChI=1S/C15H20N4O3/c1-17-13(10-20)15(22)19-7-6-18(9-12(19)14(17)21)8-11-4-2-3-5-16-11/h2-5,12-13,20H,6-10H2,1H3/t12-,13+/m1/s1. The number of aliphatic hydroxyl groups is 1. The Morgan fingerprint density at radius 1 is 1.27 bits per heavy atom. The summed E-state index contributed by atoms with van der Waals surface area (Å²) in [5.74, 6) is -0.267. The van der Waals surface area contributed by atoms with E-state index in [1.54, 1.807) is 18.1 Å². The summed E-state index contributed by atoms with van der Waals surface area (Å²) < 4.78 is 0. The molecule has 0 aliphatic carbocycles. The van der Waals surface area contributed by atoms with Gasteiger partial charge in [0.15, 0.2) is 0 Å². The van der Waals surface area contributed by atoms with Crippen molar-refractivity contribution in [2.45, 2.75) is 18.6 Å². The molecule has 1 aromatic heterocycles. The van der Waals surface area contributed by atoms with Crippen LogP contribution in [0.3, 0.4) is 0 Å². The summed E-state index contributed by atoms with van der Waals surface area (Å²) in [5.41, 5.74) is 0.951. The number of carbonyl (C=O) groups excluding carboxylic acids is 2. The highest BCUT2D eigenvalue weighted by Crippen LogP contribution is 2.21. The van der Waals surface area contributed by atoms with Crippen molar-refractivity contribution >= 4 is 11.8 Å². The maximum atomic E-state index is 12.5. The van der Waals surface area contributed by atoms with Crippen LogP contribution >= 0.6 is 0 Å². The fourth-order valence-corrected chi connectivity index (χ4v) is 3.13. The first-order valence-electron chi connectivity index (χ1n) is 7.42. The van der Waals surface area contributed by atoms with Gasteiger partial charge in [-0.25, -0.2) is 0 Å². The topological polar surface area (TPSA) is 77.0 Å². The van der Waals surface area contributed by atoms with Gasteiger partial charge >= 0.3 is 0 Å². The van der Waals surface area contributed by atoms with Crippen LogP contribution < -0.4 is 0 Å². The minimum Gasteiger partial charge on any atom is -0.394 e. The summed E-state index contributed by atoms with van der Waals surface area (Å²) in [6.07, 6.45) is 1.75. The van der Waals surface area contributed by atoms with Crippen molar-refractivity contribution in [1.29, 1.82) is 0 Å². The number of aliphatic hydroxyl groups excluding tert-OH is 1. The SMILES string of the molecule is CN1C(=O)[C@H]2CN(Cc3ccccn3)CCN2C(=O)[C@@H]1CO. The first-order valence-corrected chi connectivity index (χ1v) is 7.42. The third-order valence-electron chi connectivity index (χ3n) is 4.42. The number of amides is 2. The van der Waals surface area contributed by atoms with Crippen LogP contribution in [0.5, 0.6) is 0 Å². The Bertz CT molecular complexity index is 565. The highest BCUT2D eigenvalue weighted by Gasteiger charge is 2.46. The maximum absolute atomic E-state index is 12.5. The van der Waals surface area contributed by atoms with Crippen molar-refractivity contribution in [3.63, 3.8) is 0 Å². The number of pyridine rings is 1. The zero-order valence-electron chi connectivity index (χ0n) is 12.6. The molecule has 2 saturated heterocycles. The van der Waals surface area contributed by atoms with E-state index >= 15 is 0 Å². The number of carbonyl (C=O) groups is 2. The van der Waals surface area contributed by atoms with Gasteiger partial charge in [-0.15, -0.1) is 0 Å². The minimum absolute atomic E-state index is 0.107. The molecule has 0 radical (unpaired) electrons. The van der Waals surface area contributed by atoms with Crippen molar-refractivity contribution in [1.82, 2.24) is 19.7 Å². The van der Waals surface area contributed by atoms with Gasteiger partial charge in [0.1, 0.15) is 12.1 Å². The summed E-state index contributed by atoms with van der Waals surface area (Å²) in [4.78, 5) is 34.2. The second-order valence-electron chi connectivity index (χ2n) is 5.75. The average Bonchev–Trinajstić information content (AvgIpc) is 2.54. The lowest BCUT2D eigenvalue weighted by Gasteiger charge is -2.47. The summed E-state index contributed by atoms with van der Waals surface area (Å²) >= 11 is 0. The molecule has 7 heteroatoms. The van der Waals surface area contributed by atoms with Gasteiger partial charge < -0.3 is 14.9 Å². The van der Waals surface area contributed by atoms with Crippen LogP contribution in [0.25, 0.3) is 0 Å². The highest BCUT2D eigenvalue weighted by atomic mass is 16.3. The van der Waals surface area contributed by atoms with Crippen LogP contribution in [0.4, 0.5) is 0 Å². The zero-order chi connectivity index (χ0) is 15.7. The Labute approximate surface area is 129 Å². The van der Waals surface area contributed by atoms with Gasteiger partial charge in [-0.1, -0.05) is 6.07 Å². The summed E-state index contributed by atoms with van der Waals surface area (Å²) in [5, 5.41) is 9.33. The number of likely N-dealkylation sites (N-methyl/N-ethyl adjacent to an activating group) is 1. The average molecular weight is 304 g/mol. The van der Waals surface area contributed by atoms with Crippen molar-refractivity contribution in [2.75, 3.05) is 33.3 Å². The molecule has 0 aromatic carbocycles. The number of rotatable bonds is 3. The molecule has 3 rings (SSSR count). The second kappa shape index (κ2) is 6.02. The molecule has 1 N–H and O–H groups in total. The van der Waals surface area contributed by atoms with Crippen molar-refractivity contribution in [3.05, 3.63) is 30.1 Å². The smallest absolute Gasteiger partial charge is 0.248 e. The molecule has 7 nitrogen and oxygen atoms in total. The van der Waals surface area contributed by atoms with Gasteiger partial charge in [-0.3, -0.25) is 19.5 Å². The molecule has 1 aromatic rings. The lowest BCUT2D eigenvalue weighted by Crippen LogP contribution is -2.69. The van der Waals surface area contributed by atoms with Gasteiger partial charge in [0.2, 0.25) is 11.8 Å². The Hall–Kier alpha value is -1.99. The summed E-state index contributed by atoms with van der Waals surface area (Å²) in [6.45, 7) is 2.05. The van der Waals surface area contributed by atoms with Crippen LogP contribution in [0.1, 0.15) is 5.69 Å². The fraction of sp³-hybridized carbons (Fsp3) is 0.533. The van der Waals surface area contributed by atoms with E-state index in [1.165, 1.54) is 4.90 Å². The molecule has 3 heterocycles. The monoisotopic (exact) mass is 304 g/mol. The molecular weight excluding hydrogens is 284 g/mol. The number of aromatic nitrogens is 1. The molecule has 0 bridgehead atoms. The van der Waals surface area contributed by atoms with E-state index in [1.807, 2.05) is 18.2 Å². The Morgan fingerprint density at radius 3 is 2.77 bits per heavy atom. The third kappa shape index (κ3) is 2.57. The first kappa shape index (κ1) is 14.9. The van der Waals surface area contributed by atoms with Crippen molar-refractivity contribution in [2.24, 2.45) is 0 Å². The molecular formula is C15H20N4O3. The van der Waals surface area contributed by atoms with Crippen LogP contribution in [-0.4, -0.2) is 82.0 Å². The first-order chi connectivity index (χ1) is 10.6. The fourth-order valence-electron chi connectivity index (χ4n) is 3.13. The van der Waals surface area contributed by atoms with E-state index in [2.05, 4.69) is 9.88 Å². The molecule has 2 fully saturated rings. The van der Waals surface area contributed by atoms with Crippen molar-refractivity contribution < 1.29 is 14.7 Å². The van der Waals surface area contributed by atoms with Crippen LogP contribution in [0, 0.1) is 0 Å². The molecule has 0 saturated carbocycles. The van der Waals surface area contributed by atoms with E-state index in [0.29, 0.717) is 26.2 Å². The molecule has 22 heavy (non-hydrogen) atoms. The lowest BCUT2D eigenvalue weighted by atomic mass is 10.0. The summed E-state index contributed by atoms with van der Waals surface area (Å²) in [6, 6.07) is 4.56. The zero-order valence-corrected chi connectivity index (χ0v) is 12.6. The molecule has 2 aliphatic rings. The maximum Gasteiger partial charge on any atom is 0.248 e. The molecule has 2 atom stereocenters. The molecule has 118 valence electrons. The van der Waals surface area contributed by atoms with Crippen LogP contribution in [0.15, 0.2) is 24.4 Å². The number of nitrogens with zero attached hydrogens (tertiary/aromatic N) is 4. The molecule has 2 aliphatic heterocycles. The van der Waals surface area contributed by atoms with Crippen LogP contribution in [0.2, 0.25) is 0 Å². The van der Waals surface area contributed by atoms with Gasteiger partial charge in [0.25, 0.3) is 0 Å². The third-order valence-corrected chi connectivity index (χ3v) is 4.42. The normalized spacial score (nSPS) is 26.3. The van der Waals surface area contributed by atoms with E-state index in [9.17, 15) is 14.7 Å². The lowest BCUT2D eigenvalue weighted by molar-refractivity contribution is -0.165. The van der Waals surface area contributed by atoms with E-state index in [-0.39, 0.29) is 18.4 Å². The Kier molecular flexibility index (Phi) is 4.08. The quantitative estimate of drug-likeness (QED) is 0.769. The number of fused-ring (bicyclic) bond motifs is 1. The van der Waals surface area contributed by atoms with Gasteiger partial charge in [-0.05, 0) is 12.1 Å². The number of piperazine rings is 2. The summed E-state index contributed by atoms with van der Waals surface area (Å²) in [7, 11) is 1.58. The number of hydrogen-bond donors (Lipinski definition) is 1. The Balaban J connectivity index is 1.72. The largest absolute Gasteiger partial charge is 0.394 e. The predicted molar refractivity (Wildman–Crippen MR) is 78.7 cm³/mol. The van der Waals surface area contributed by atoms with Gasteiger partial charge in [0.05, 0.1) is 12.3 Å². The highest BCUT2D eigenvalue weighted by molar-refractivity contribution is 5.97.